The number of rotatable bonds is 1. The highest BCUT2D eigenvalue weighted by Gasteiger charge is 2.42. The van der Waals surface area contributed by atoms with E-state index in [0.717, 1.165) is 35.8 Å². The summed E-state index contributed by atoms with van der Waals surface area (Å²) < 4.78 is 14.2. The van der Waals surface area contributed by atoms with Gasteiger partial charge in [0.05, 0.1) is 6.04 Å². The highest BCUT2D eigenvalue weighted by molar-refractivity contribution is 9.10. The van der Waals surface area contributed by atoms with Gasteiger partial charge in [0.25, 0.3) is 0 Å². The first kappa shape index (κ1) is 12.1. The minimum atomic E-state index is -0.275. The van der Waals surface area contributed by atoms with Crippen LogP contribution in [0.25, 0.3) is 0 Å². The molecule has 5 heteroatoms. The van der Waals surface area contributed by atoms with E-state index in [9.17, 15) is 9.18 Å². The van der Waals surface area contributed by atoms with Crippen molar-refractivity contribution in [3.63, 3.8) is 0 Å². The molecule has 1 amide bonds. The number of carbonyl (C=O) groups excluding carboxylic acids is 1. The number of fused-ring (bicyclic) bond motifs is 1. The van der Waals surface area contributed by atoms with Crippen LogP contribution in [0.4, 0.5) is 4.39 Å². The third-order valence-corrected chi connectivity index (χ3v) is 4.43. The predicted octanol–water partition coefficient (Wildman–Crippen LogP) is 2.57. The van der Waals surface area contributed by atoms with Crippen LogP contribution in [0.15, 0.2) is 22.7 Å². The van der Waals surface area contributed by atoms with Crippen LogP contribution >= 0.6 is 15.9 Å². The second kappa shape index (κ2) is 4.63. The van der Waals surface area contributed by atoms with Crippen molar-refractivity contribution in [3.05, 3.63) is 34.1 Å². The summed E-state index contributed by atoms with van der Waals surface area (Å²) in [5.41, 5.74) is 0.799. The number of nitrogens with one attached hydrogen (secondary N) is 1. The molecule has 1 aromatic rings. The molecule has 2 aliphatic heterocycles. The zero-order chi connectivity index (χ0) is 12.7. The third kappa shape index (κ3) is 1.95. The Hall–Kier alpha value is -0.940. The van der Waals surface area contributed by atoms with Crippen molar-refractivity contribution in [3.8, 4) is 0 Å². The number of carbonyl (C=O) groups is 1. The van der Waals surface area contributed by atoms with Crippen LogP contribution in [0.1, 0.15) is 31.0 Å². The lowest BCUT2D eigenvalue weighted by atomic mass is 10.0. The van der Waals surface area contributed by atoms with E-state index in [2.05, 4.69) is 26.1 Å². The van der Waals surface area contributed by atoms with Gasteiger partial charge in [0, 0.05) is 16.6 Å². The van der Waals surface area contributed by atoms with Crippen molar-refractivity contribution in [2.45, 2.75) is 31.5 Å². The molecule has 96 valence electrons. The van der Waals surface area contributed by atoms with Gasteiger partial charge in [0.15, 0.2) is 0 Å². The molecule has 2 atom stereocenters. The number of benzene rings is 1. The van der Waals surface area contributed by atoms with Crippen molar-refractivity contribution in [1.29, 1.82) is 0 Å². The summed E-state index contributed by atoms with van der Waals surface area (Å²) in [6, 6.07) is 4.55. The lowest BCUT2D eigenvalue weighted by molar-refractivity contribution is -0.122. The molecule has 18 heavy (non-hydrogen) atoms. The van der Waals surface area contributed by atoms with Crippen molar-refractivity contribution in [1.82, 2.24) is 10.2 Å². The Morgan fingerprint density at radius 2 is 2.22 bits per heavy atom. The fourth-order valence-electron chi connectivity index (χ4n) is 2.84. The van der Waals surface area contributed by atoms with E-state index in [1.54, 1.807) is 6.07 Å². The van der Waals surface area contributed by atoms with Crippen LogP contribution in [0.5, 0.6) is 0 Å². The average molecular weight is 313 g/mol. The number of halogens is 2. The zero-order valence-electron chi connectivity index (χ0n) is 9.83. The van der Waals surface area contributed by atoms with E-state index < -0.39 is 0 Å². The van der Waals surface area contributed by atoms with E-state index >= 15 is 0 Å². The minimum absolute atomic E-state index is 0.0427. The van der Waals surface area contributed by atoms with Crippen LogP contribution in [-0.2, 0) is 4.79 Å². The zero-order valence-corrected chi connectivity index (χ0v) is 11.4. The molecule has 2 fully saturated rings. The van der Waals surface area contributed by atoms with E-state index in [4.69, 9.17) is 0 Å². The predicted molar refractivity (Wildman–Crippen MR) is 69.3 cm³/mol. The second-order valence-electron chi connectivity index (χ2n) is 4.83. The minimum Gasteiger partial charge on any atom is -0.335 e. The monoisotopic (exact) mass is 312 g/mol. The summed E-state index contributed by atoms with van der Waals surface area (Å²) in [6.07, 6.45) is 2.88. The molecule has 0 aliphatic carbocycles. The molecule has 0 unspecified atom stereocenters. The van der Waals surface area contributed by atoms with Gasteiger partial charge in [-0.3, -0.25) is 9.69 Å². The first-order valence-electron chi connectivity index (χ1n) is 6.18. The molecule has 0 aromatic heterocycles. The van der Waals surface area contributed by atoms with Crippen LogP contribution in [0.2, 0.25) is 0 Å². The van der Waals surface area contributed by atoms with Crippen LogP contribution in [-0.4, -0.2) is 23.4 Å². The summed E-state index contributed by atoms with van der Waals surface area (Å²) in [5.74, 6) is -0.209. The van der Waals surface area contributed by atoms with Crippen molar-refractivity contribution in [2.24, 2.45) is 0 Å². The van der Waals surface area contributed by atoms with Gasteiger partial charge >= 0.3 is 0 Å². The first-order valence-corrected chi connectivity index (χ1v) is 6.97. The summed E-state index contributed by atoms with van der Waals surface area (Å²) in [4.78, 5) is 14.1. The maximum atomic E-state index is 13.4. The van der Waals surface area contributed by atoms with Crippen molar-refractivity contribution >= 4 is 21.8 Å². The number of piperidine rings is 1. The first-order chi connectivity index (χ1) is 8.66. The number of nitrogens with zero attached hydrogens (tertiary/aromatic N) is 1. The highest BCUT2D eigenvalue weighted by atomic mass is 79.9. The molecule has 2 aliphatic rings. The molecule has 0 bridgehead atoms. The molecule has 3 nitrogen and oxygen atoms in total. The molecule has 3 rings (SSSR count). The van der Waals surface area contributed by atoms with E-state index in [1.165, 1.54) is 12.1 Å². The Morgan fingerprint density at radius 1 is 1.39 bits per heavy atom. The molecular weight excluding hydrogens is 299 g/mol. The molecule has 2 saturated heterocycles. The molecule has 1 N–H and O–H groups in total. The summed E-state index contributed by atoms with van der Waals surface area (Å²) in [7, 11) is 0. The summed E-state index contributed by atoms with van der Waals surface area (Å²) in [5, 5.41) is 2.97. The second-order valence-corrected chi connectivity index (χ2v) is 5.68. The molecule has 0 saturated carbocycles. The topological polar surface area (TPSA) is 32.3 Å². The normalized spacial score (nSPS) is 28.0. The summed E-state index contributed by atoms with van der Waals surface area (Å²) >= 11 is 3.43. The fourth-order valence-corrected chi connectivity index (χ4v) is 3.30. The summed E-state index contributed by atoms with van der Waals surface area (Å²) in [6.45, 7) is 0.886. The Balaban J connectivity index is 1.96. The lowest BCUT2D eigenvalue weighted by Gasteiger charge is -2.31. The highest BCUT2D eigenvalue weighted by Crippen LogP contribution is 2.35. The Labute approximate surface area is 113 Å². The van der Waals surface area contributed by atoms with Gasteiger partial charge in [-0.1, -0.05) is 22.4 Å². The van der Waals surface area contributed by atoms with Gasteiger partial charge in [-0.25, -0.2) is 4.39 Å². The van der Waals surface area contributed by atoms with Gasteiger partial charge in [-0.05, 0) is 31.0 Å². The van der Waals surface area contributed by atoms with Gasteiger partial charge in [-0.2, -0.15) is 0 Å². The fraction of sp³-hybridized carbons (Fsp3) is 0.462. The lowest BCUT2D eigenvalue weighted by Crippen LogP contribution is -2.38. The quantitative estimate of drug-likeness (QED) is 0.864. The largest absolute Gasteiger partial charge is 0.335 e. The maximum Gasteiger partial charge on any atom is 0.238 e. The van der Waals surface area contributed by atoms with Crippen LogP contribution < -0.4 is 5.32 Å². The van der Waals surface area contributed by atoms with Gasteiger partial charge in [0.1, 0.15) is 12.0 Å². The van der Waals surface area contributed by atoms with E-state index in [0.29, 0.717) is 0 Å². The molecule has 2 heterocycles. The smallest absolute Gasteiger partial charge is 0.238 e. The van der Waals surface area contributed by atoms with Crippen LogP contribution in [0, 0.1) is 5.82 Å². The maximum absolute atomic E-state index is 13.4. The molecule has 0 radical (unpaired) electrons. The van der Waals surface area contributed by atoms with Crippen molar-refractivity contribution < 1.29 is 9.18 Å². The van der Waals surface area contributed by atoms with Gasteiger partial charge in [-0.15, -0.1) is 0 Å². The SMILES string of the molecule is O=C1N[C@@H](c2cc(F)ccc2Br)N2CCCC[C@@H]12. The third-order valence-electron chi connectivity index (χ3n) is 3.71. The Morgan fingerprint density at radius 3 is 3.06 bits per heavy atom. The van der Waals surface area contributed by atoms with Crippen LogP contribution in [0.3, 0.4) is 0 Å². The Kier molecular flexibility index (Phi) is 3.11. The Bertz CT molecular complexity index is 494. The molecule has 0 spiro atoms. The van der Waals surface area contributed by atoms with E-state index in [-0.39, 0.29) is 23.9 Å². The number of amides is 1. The van der Waals surface area contributed by atoms with Gasteiger partial charge < -0.3 is 5.32 Å². The van der Waals surface area contributed by atoms with E-state index in [1.807, 2.05) is 0 Å². The average Bonchev–Trinajstić information content (AvgIpc) is 2.71. The number of hydrogen-bond donors (Lipinski definition) is 1. The van der Waals surface area contributed by atoms with Gasteiger partial charge in [0.2, 0.25) is 5.91 Å². The molecule has 1 aromatic carbocycles. The standard InChI is InChI=1S/C13H14BrFN2O/c14-10-5-4-8(15)7-9(10)12-16-13(18)11-3-1-2-6-17(11)12/h4-5,7,11-12H,1-3,6H2,(H,16,18)/t11-,12+/m0/s1. The van der Waals surface area contributed by atoms with Crippen molar-refractivity contribution in [2.75, 3.05) is 6.54 Å². The number of hydrogen-bond acceptors (Lipinski definition) is 2. The molecular formula is C13H14BrFN2O.